The van der Waals surface area contributed by atoms with Crippen LogP contribution in [0.4, 0.5) is 0 Å². The van der Waals surface area contributed by atoms with E-state index in [1.807, 2.05) is 55.6 Å². The van der Waals surface area contributed by atoms with Gasteiger partial charge in [0.1, 0.15) is 11.9 Å². The van der Waals surface area contributed by atoms with Gasteiger partial charge in [0.15, 0.2) is 0 Å². The summed E-state index contributed by atoms with van der Waals surface area (Å²) in [6, 6.07) is 14.8. The van der Waals surface area contributed by atoms with Gasteiger partial charge in [-0.2, -0.15) is 0 Å². The fourth-order valence-electron chi connectivity index (χ4n) is 2.74. The number of hydrogen-bond donors (Lipinski definition) is 2. The van der Waals surface area contributed by atoms with Crippen molar-refractivity contribution in [3.05, 3.63) is 83.0 Å². The Balaban J connectivity index is 1.57. The lowest BCUT2D eigenvalue weighted by atomic mass is 10.1. The Morgan fingerprint density at radius 2 is 1.96 bits per heavy atom. The van der Waals surface area contributed by atoms with E-state index in [0.29, 0.717) is 12.2 Å². The van der Waals surface area contributed by atoms with Crippen LogP contribution in [0.15, 0.2) is 71.9 Å². The first kappa shape index (κ1) is 17.9. The molecule has 0 spiro atoms. The molecular formula is C21H22N2O3. The number of aromatic amines is 1. The van der Waals surface area contributed by atoms with E-state index in [1.54, 1.807) is 18.5 Å². The number of benzene rings is 1. The van der Waals surface area contributed by atoms with Crippen LogP contribution in [0.25, 0.3) is 11.1 Å². The Morgan fingerprint density at radius 3 is 2.65 bits per heavy atom. The quantitative estimate of drug-likeness (QED) is 0.686. The molecule has 26 heavy (non-hydrogen) atoms. The van der Waals surface area contributed by atoms with E-state index < -0.39 is 6.10 Å². The standard InChI is InChI=1S/C21H22N2O3/c1-15(20(24)9-4-16-3-2-11-22-14-16)26-19-7-5-17(6-8-19)18-10-12-23-21(25)13-18/h2-3,5-8,10-15,20,24H,4,9H2,1H3,(H,23,25)/t15?,20-/m1/s1. The van der Waals surface area contributed by atoms with Crippen molar-refractivity contribution >= 4 is 0 Å². The molecule has 0 aliphatic heterocycles. The van der Waals surface area contributed by atoms with Crippen molar-refractivity contribution in [2.24, 2.45) is 0 Å². The molecule has 134 valence electrons. The topological polar surface area (TPSA) is 75.2 Å². The van der Waals surface area contributed by atoms with Gasteiger partial charge in [-0.3, -0.25) is 9.78 Å². The Kier molecular flexibility index (Phi) is 5.81. The molecule has 1 unspecified atom stereocenters. The van der Waals surface area contributed by atoms with Crippen LogP contribution >= 0.6 is 0 Å². The summed E-state index contributed by atoms with van der Waals surface area (Å²) in [6.07, 6.45) is 5.65. The van der Waals surface area contributed by atoms with E-state index in [-0.39, 0.29) is 11.7 Å². The second kappa shape index (κ2) is 8.45. The zero-order valence-electron chi connectivity index (χ0n) is 14.6. The van der Waals surface area contributed by atoms with Gasteiger partial charge in [0.2, 0.25) is 5.56 Å². The average Bonchev–Trinajstić information content (AvgIpc) is 2.67. The maximum Gasteiger partial charge on any atom is 0.248 e. The molecule has 0 fully saturated rings. The molecule has 5 nitrogen and oxygen atoms in total. The zero-order chi connectivity index (χ0) is 18.4. The normalized spacial score (nSPS) is 13.2. The molecule has 3 aromatic rings. The first-order valence-electron chi connectivity index (χ1n) is 8.64. The van der Waals surface area contributed by atoms with Crippen LogP contribution in [0.3, 0.4) is 0 Å². The molecular weight excluding hydrogens is 328 g/mol. The Labute approximate surface area is 152 Å². The van der Waals surface area contributed by atoms with E-state index in [9.17, 15) is 9.90 Å². The number of pyridine rings is 2. The van der Waals surface area contributed by atoms with Crippen LogP contribution in [0, 0.1) is 0 Å². The van der Waals surface area contributed by atoms with Crippen molar-refractivity contribution in [2.45, 2.75) is 32.0 Å². The van der Waals surface area contributed by atoms with E-state index in [2.05, 4.69) is 9.97 Å². The first-order chi connectivity index (χ1) is 12.6. The maximum absolute atomic E-state index is 11.4. The SMILES string of the molecule is CC(Oc1ccc(-c2cc[nH]c(=O)c2)cc1)[C@H](O)CCc1cccnc1. The molecule has 2 heterocycles. The zero-order valence-corrected chi connectivity index (χ0v) is 14.6. The van der Waals surface area contributed by atoms with Gasteiger partial charge in [-0.25, -0.2) is 0 Å². The lowest BCUT2D eigenvalue weighted by Crippen LogP contribution is -2.29. The van der Waals surface area contributed by atoms with Crippen molar-refractivity contribution in [1.82, 2.24) is 9.97 Å². The first-order valence-corrected chi connectivity index (χ1v) is 8.64. The number of aromatic nitrogens is 2. The Bertz CT molecular complexity index is 876. The lowest BCUT2D eigenvalue weighted by molar-refractivity contribution is 0.0420. The van der Waals surface area contributed by atoms with Gasteiger partial charge in [0, 0.05) is 24.7 Å². The summed E-state index contributed by atoms with van der Waals surface area (Å²) in [6.45, 7) is 1.86. The molecule has 0 aliphatic carbocycles. The molecule has 0 radical (unpaired) electrons. The van der Waals surface area contributed by atoms with E-state index in [1.165, 1.54) is 0 Å². The second-order valence-corrected chi connectivity index (χ2v) is 6.26. The molecule has 0 saturated carbocycles. The molecule has 0 amide bonds. The number of aryl methyl sites for hydroxylation is 1. The number of H-pyrrole nitrogens is 1. The molecule has 0 aliphatic rings. The van der Waals surface area contributed by atoms with Gasteiger partial charge < -0.3 is 14.8 Å². The van der Waals surface area contributed by atoms with Gasteiger partial charge in [-0.05, 0) is 60.7 Å². The van der Waals surface area contributed by atoms with Crippen LogP contribution in [0.5, 0.6) is 5.75 Å². The number of aliphatic hydroxyl groups excluding tert-OH is 1. The molecule has 5 heteroatoms. The lowest BCUT2D eigenvalue weighted by Gasteiger charge is -2.20. The third-order valence-electron chi connectivity index (χ3n) is 4.28. The Hall–Kier alpha value is -2.92. The molecule has 2 atom stereocenters. The molecule has 2 aromatic heterocycles. The fourth-order valence-corrected chi connectivity index (χ4v) is 2.74. The molecule has 0 bridgehead atoms. The minimum absolute atomic E-state index is 0.131. The minimum atomic E-state index is -0.567. The number of hydrogen-bond acceptors (Lipinski definition) is 4. The van der Waals surface area contributed by atoms with Gasteiger partial charge in [-0.1, -0.05) is 18.2 Å². The Morgan fingerprint density at radius 1 is 1.15 bits per heavy atom. The number of rotatable bonds is 7. The average molecular weight is 350 g/mol. The highest BCUT2D eigenvalue weighted by molar-refractivity contribution is 5.63. The van der Waals surface area contributed by atoms with Crippen molar-refractivity contribution in [3.8, 4) is 16.9 Å². The van der Waals surface area contributed by atoms with Gasteiger partial charge in [-0.15, -0.1) is 0 Å². The third-order valence-corrected chi connectivity index (χ3v) is 4.28. The van der Waals surface area contributed by atoms with Crippen LogP contribution in [0.2, 0.25) is 0 Å². The largest absolute Gasteiger partial charge is 0.488 e. The number of ether oxygens (including phenoxy) is 1. The van der Waals surface area contributed by atoms with Crippen LogP contribution < -0.4 is 10.3 Å². The number of nitrogens with zero attached hydrogens (tertiary/aromatic N) is 1. The van der Waals surface area contributed by atoms with Crippen molar-refractivity contribution in [2.75, 3.05) is 0 Å². The monoisotopic (exact) mass is 350 g/mol. The maximum atomic E-state index is 11.4. The third kappa shape index (κ3) is 4.80. The highest BCUT2D eigenvalue weighted by Gasteiger charge is 2.16. The van der Waals surface area contributed by atoms with Crippen LogP contribution in [-0.4, -0.2) is 27.3 Å². The van der Waals surface area contributed by atoms with E-state index in [4.69, 9.17) is 4.74 Å². The van der Waals surface area contributed by atoms with Gasteiger partial charge >= 0.3 is 0 Å². The van der Waals surface area contributed by atoms with E-state index >= 15 is 0 Å². The molecule has 1 aromatic carbocycles. The van der Waals surface area contributed by atoms with Gasteiger partial charge in [0.05, 0.1) is 6.10 Å². The van der Waals surface area contributed by atoms with Crippen molar-refractivity contribution < 1.29 is 9.84 Å². The molecule has 3 rings (SSSR count). The smallest absolute Gasteiger partial charge is 0.248 e. The van der Waals surface area contributed by atoms with Crippen molar-refractivity contribution in [1.29, 1.82) is 0 Å². The number of aliphatic hydroxyl groups is 1. The summed E-state index contributed by atoms with van der Waals surface area (Å²) in [5, 5.41) is 10.3. The van der Waals surface area contributed by atoms with Crippen molar-refractivity contribution in [3.63, 3.8) is 0 Å². The minimum Gasteiger partial charge on any atom is -0.488 e. The predicted molar refractivity (Wildman–Crippen MR) is 101 cm³/mol. The summed E-state index contributed by atoms with van der Waals surface area (Å²) in [4.78, 5) is 18.1. The summed E-state index contributed by atoms with van der Waals surface area (Å²) < 4.78 is 5.85. The summed E-state index contributed by atoms with van der Waals surface area (Å²) in [7, 11) is 0. The van der Waals surface area contributed by atoms with Crippen LogP contribution in [-0.2, 0) is 6.42 Å². The molecule has 2 N–H and O–H groups in total. The highest BCUT2D eigenvalue weighted by Crippen LogP contribution is 2.22. The summed E-state index contributed by atoms with van der Waals surface area (Å²) >= 11 is 0. The predicted octanol–water partition coefficient (Wildman–Crippen LogP) is 3.20. The summed E-state index contributed by atoms with van der Waals surface area (Å²) in [5.41, 5.74) is 2.76. The highest BCUT2D eigenvalue weighted by atomic mass is 16.5. The van der Waals surface area contributed by atoms with E-state index in [0.717, 1.165) is 23.1 Å². The molecule has 0 saturated heterocycles. The summed E-state index contributed by atoms with van der Waals surface area (Å²) in [5.74, 6) is 0.687. The van der Waals surface area contributed by atoms with Gasteiger partial charge in [0.25, 0.3) is 0 Å². The fraction of sp³-hybridized carbons (Fsp3) is 0.238. The second-order valence-electron chi connectivity index (χ2n) is 6.26. The number of nitrogens with one attached hydrogen (secondary N) is 1. The van der Waals surface area contributed by atoms with Crippen LogP contribution in [0.1, 0.15) is 18.9 Å².